The van der Waals surface area contributed by atoms with Crippen LogP contribution in [0.2, 0.25) is 0 Å². The number of amides is 2. The predicted molar refractivity (Wildman–Crippen MR) is 78.5 cm³/mol. The number of hydrogen-bond donors (Lipinski definition) is 1. The summed E-state index contributed by atoms with van der Waals surface area (Å²) in [5, 5.41) is 2.94. The normalized spacial score (nSPS) is 18.7. The van der Waals surface area contributed by atoms with Crippen molar-refractivity contribution in [3.63, 3.8) is 0 Å². The molecule has 1 aliphatic rings. The Kier molecular flexibility index (Phi) is 4.42. The third-order valence-corrected chi connectivity index (χ3v) is 3.80. The zero-order valence-electron chi connectivity index (χ0n) is 12.3. The number of rotatable bonds is 4. The van der Waals surface area contributed by atoms with E-state index in [0.29, 0.717) is 18.5 Å². The predicted octanol–water partition coefficient (Wildman–Crippen LogP) is 1.98. The molecule has 0 radical (unpaired) electrons. The molecule has 1 saturated heterocycles. The van der Waals surface area contributed by atoms with E-state index in [-0.39, 0.29) is 23.8 Å². The molecular weight excluding hydrogens is 252 g/mol. The van der Waals surface area contributed by atoms with Gasteiger partial charge in [-0.25, -0.2) is 0 Å². The van der Waals surface area contributed by atoms with E-state index in [1.54, 1.807) is 0 Å². The van der Waals surface area contributed by atoms with E-state index in [1.807, 2.05) is 49.9 Å². The zero-order chi connectivity index (χ0) is 14.7. The van der Waals surface area contributed by atoms with Crippen LogP contribution in [0.15, 0.2) is 24.3 Å². The Hall–Kier alpha value is -1.84. The Morgan fingerprint density at radius 1 is 1.40 bits per heavy atom. The van der Waals surface area contributed by atoms with Crippen molar-refractivity contribution in [3.05, 3.63) is 35.4 Å². The second kappa shape index (κ2) is 6.07. The van der Waals surface area contributed by atoms with Crippen LogP contribution in [0.1, 0.15) is 36.2 Å². The highest BCUT2D eigenvalue weighted by molar-refractivity contribution is 5.95. The Morgan fingerprint density at radius 3 is 2.70 bits per heavy atom. The lowest BCUT2D eigenvalue weighted by Gasteiger charge is -2.21. The lowest BCUT2D eigenvalue weighted by molar-refractivity contribution is -0.129. The van der Waals surface area contributed by atoms with Crippen LogP contribution in [-0.4, -0.2) is 35.8 Å². The fourth-order valence-electron chi connectivity index (χ4n) is 2.60. The van der Waals surface area contributed by atoms with Crippen molar-refractivity contribution in [2.45, 2.75) is 33.2 Å². The molecule has 0 aliphatic carbocycles. The first-order valence-electron chi connectivity index (χ1n) is 7.12. The van der Waals surface area contributed by atoms with Gasteiger partial charge in [0.1, 0.15) is 0 Å². The first-order chi connectivity index (χ1) is 9.49. The molecular formula is C16H22N2O2. The van der Waals surface area contributed by atoms with Crippen LogP contribution in [0.3, 0.4) is 0 Å². The van der Waals surface area contributed by atoms with Crippen LogP contribution in [0, 0.1) is 12.8 Å². The maximum Gasteiger partial charge on any atom is 0.251 e. The molecule has 1 aromatic carbocycles. The van der Waals surface area contributed by atoms with Gasteiger partial charge in [0.2, 0.25) is 5.91 Å². The third-order valence-electron chi connectivity index (χ3n) is 3.80. The number of carbonyl (C=O) groups is 2. The number of nitrogens with one attached hydrogen (secondary N) is 1. The first-order valence-corrected chi connectivity index (χ1v) is 7.12. The Morgan fingerprint density at radius 2 is 2.10 bits per heavy atom. The molecule has 0 saturated carbocycles. The molecule has 0 aromatic heterocycles. The number of nitrogens with zero attached hydrogens (tertiary/aromatic N) is 1. The van der Waals surface area contributed by atoms with Crippen LogP contribution < -0.4 is 5.32 Å². The summed E-state index contributed by atoms with van der Waals surface area (Å²) in [5.74, 6) is 0.353. The Balaban J connectivity index is 1.89. The van der Waals surface area contributed by atoms with Gasteiger partial charge in [0.25, 0.3) is 5.91 Å². The average Bonchev–Trinajstić information content (AvgIpc) is 2.78. The molecule has 20 heavy (non-hydrogen) atoms. The molecule has 0 bridgehead atoms. The molecule has 4 heteroatoms. The molecule has 1 unspecified atom stereocenters. The van der Waals surface area contributed by atoms with Gasteiger partial charge in [-0.2, -0.15) is 0 Å². The summed E-state index contributed by atoms with van der Waals surface area (Å²) in [7, 11) is 0. The van der Waals surface area contributed by atoms with E-state index in [4.69, 9.17) is 0 Å². The SMILES string of the molecule is Cc1ccccc1C(=O)NCC1CC(=O)N(C(C)C)C1. The summed E-state index contributed by atoms with van der Waals surface area (Å²) >= 11 is 0. The minimum atomic E-state index is -0.0569. The molecule has 1 atom stereocenters. The number of likely N-dealkylation sites (tertiary alicyclic amines) is 1. The third kappa shape index (κ3) is 3.18. The Labute approximate surface area is 120 Å². The van der Waals surface area contributed by atoms with Gasteiger partial charge in [0.05, 0.1) is 0 Å². The lowest BCUT2D eigenvalue weighted by Crippen LogP contribution is -2.34. The minimum absolute atomic E-state index is 0.0569. The van der Waals surface area contributed by atoms with Crippen molar-refractivity contribution in [2.24, 2.45) is 5.92 Å². The maximum atomic E-state index is 12.1. The van der Waals surface area contributed by atoms with Gasteiger partial charge in [-0.15, -0.1) is 0 Å². The fraction of sp³-hybridized carbons (Fsp3) is 0.500. The van der Waals surface area contributed by atoms with Gasteiger partial charge < -0.3 is 10.2 Å². The molecule has 1 fully saturated rings. The van der Waals surface area contributed by atoms with Gasteiger partial charge in [-0.3, -0.25) is 9.59 Å². The van der Waals surface area contributed by atoms with Crippen molar-refractivity contribution >= 4 is 11.8 Å². The summed E-state index contributed by atoms with van der Waals surface area (Å²) in [4.78, 5) is 25.8. The summed E-state index contributed by atoms with van der Waals surface area (Å²) < 4.78 is 0. The zero-order valence-corrected chi connectivity index (χ0v) is 12.3. The summed E-state index contributed by atoms with van der Waals surface area (Å²) in [6, 6.07) is 7.77. The van der Waals surface area contributed by atoms with E-state index < -0.39 is 0 Å². The highest BCUT2D eigenvalue weighted by Crippen LogP contribution is 2.19. The molecule has 0 spiro atoms. The van der Waals surface area contributed by atoms with Gasteiger partial charge >= 0.3 is 0 Å². The van der Waals surface area contributed by atoms with Crippen LogP contribution in [0.5, 0.6) is 0 Å². The van der Waals surface area contributed by atoms with Crippen molar-refractivity contribution in [1.82, 2.24) is 10.2 Å². The molecule has 2 rings (SSSR count). The first kappa shape index (κ1) is 14.6. The van der Waals surface area contributed by atoms with Crippen molar-refractivity contribution in [2.75, 3.05) is 13.1 Å². The van der Waals surface area contributed by atoms with E-state index in [1.165, 1.54) is 0 Å². The van der Waals surface area contributed by atoms with Gasteiger partial charge in [0, 0.05) is 37.0 Å². The maximum absolute atomic E-state index is 12.1. The number of carbonyl (C=O) groups excluding carboxylic acids is 2. The van der Waals surface area contributed by atoms with Crippen LogP contribution >= 0.6 is 0 Å². The molecule has 108 valence electrons. The summed E-state index contributed by atoms with van der Waals surface area (Å²) in [6.45, 7) is 7.26. The molecule has 1 heterocycles. The number of benzene rings is 1. The van der Waals surface area contributed by atoms with Crippen molar-refractivity contribution in [3.8, 4) is 0 Å². The monoisotopic (exact) mass is 274 g/mol. The minimum Gasteiger partial charge on any atom is -0.352 e. The second-order valence-electron chi connectivity index (χ2n) is 5.73. The molecule has 1 aliphatic heterocycles. The smallest absolute Gasteiger partial charge is 0.251 e. The van der Waals surface area contributed by atoms with E-state index in [2.05, 4.69) is 5.32 Å². The molecule has 1 N–H and O–H groups in total. The highest BCUT2D eigenvalue weighted by atomic mass is 16.2. The topological polar surface area (TPSA) is 49.4 Å². The number of aryl methyl sites for hydroxylation is 1. The summed E-state index contributed by atoms with van der Waals surface area (Å²) in [6.07, 6.45) is 0.534. The van der Waals surface area contributed by atoms with Crippen molar-refractivity contribution in [1.29, 1.82) is 0 Å². The second-order valence-corrected chi connectivity index (χ2v) is 5.73. The van der Waals surface area contributed by atoms with Gasteiger partial charge in [-0.05, 0) is 32.4 Å². The van der Waals surface area contributed by atoms with E-state index >= 15 is 0 Å². The number of hydrogen-bond acceptors (Lipinski definition) is 2. The molecule has 1 aromatic rings. The Bertz CT molecular complexity index is 511. The quantitative estimate of drug-likeness (QED) is 0.912. The van der Waals surface area contributed by atoms with Crippen molar-refractivity contribution < 1.29 is 9.59 Å². The average molecular weight is 274 g/mol. The molecule has 2 amide bonds. The molecule has 4 nitrogen and oxygen atoms in total. The highest BCUT2D eigenvalue weighted by Gasteiger charge is 2.31. The summed E-state index contributed by atoms with van der Waals surface area (Å²) in [5.41, 5.74) is 1.67. The van der Waals surface area contributed by atoms with Crippen LogP contribution in [0.4, 0.5) is 0 Å². The van der Waals surface area contributed by atoms with Crippen LogP contribution in [0.25, 0.3) is 0 Å². The lowest BCUT2D eigenvalue weighted by atomic mass is 10.1. The standard InChI is InChI=1S/C16H22N2O2/c1-11(2)18-10-13(8-15(18)19)9-17-16(20)14-7-5-4-6-12(14)3/h4-7,11,13H,8-10H2,1-3H3,(H,17,20). The van der Waals surface area contributed by atoms with E-state index in [0.717, 1.165) is 12.1 Å². The van der Waals surface area contributed by atoms with Crippen LogP contribution in [-0.2, 0) is 4.79 Å². The van der Waals surface area contributed by atoms with Gasteiger partial charge in [0.15, 0.2) is 0 Å². The largest absolute Gasteiger partial charge is 0.352 e. The fourth-order valence-corrected chi connectivity index (χ4v) is 2.60. The van der Waals surface area contributed by atoms with Gasteiger partial charge in [-0.1, -0.05) is 18.2 Å². The van der Waals surface area contributed by atoms with E-state index in [9.17, 15) is 9.59 Å².